The summed E-state index contributed by atoms with van der Waals surface area (Å²) in [5.41, 5.74) is 1.83. The van der Waals surface area contributed by atoms with Gasteiger partial charge in [-0.2, -0.15) is 13.2 Å². The Morgan fingerprint density at radius 3 is 2.29 bits per heavy atom. The van der Waals surface area contributed by atoms with Crippen molar-refractivity contribution < 1.29 is 31.9 Å². The molecule has 204 valence electrons. The average molecular weight is 536 g/mol. The van der Waals surface area contributed by atoms with Crippen LogP contribution in [0, 0.1) is 5.82 Å². The highest BCUT2D eigenvalue weighted by Gasteiger charge is 2.37. The van der Waals surface area contributed by atoms with Gasteiger partial charge in [-0.05, 0) is 56.7 Å². The first kappa shape index (κ1) is 28.8. The first-order chi connectivity index (χ1) is 17.8. The number of benzene rings is 2. The van der Waals surface area contributed by atoms with Crippen LogP contribution in [0.2, 0.25) is 0 Å². The lowest BCUT2D eigenvalue weighted by atomic mass is 10.1. The number of nitrogens with one attached hydrogen (secondary N) is 2. The largest absolute Gasteiger partial charge is 0.408 e. The van der Waals surface area contributed by atoms with Gasteiger partial charge in [0.2, 0.25) is 0 Å². The summed E-state index contributed by atoms with van der Waals surface area (Å²) in [6, 6.07) is 7.29. The van der Waals surface area contributed by atoms with Crippen LogP contribution in [0.4, 0.5) is 28.0 Å². The summed E-state index contributed by atoms with van der Waals surface area (Å²) < 4.78 is 52.2. The Kier molecular flexibility index (Phi) is 9.21. The number of hydrogen-bond acceptors (Lipinski definition) is 4. The molecular weight excluding hydrogens is 506 g/mol. The van der Waals surface area contributed by atoms with Gasteiger partial charge < -0.3 is 15.5 Å². The number of nitrogens with zero attached hydrogens (tertiary/aromatic N) is 3. The molecule has 1 aliphatic rings. The highest BCUT2D eigenvalue weighted by molar-refractivity contribution is 6.02. The van der Waals surface area contributed by atoms with Crippen molar-refractivity contribution >= 4 is 29.2 Å². The molecule has 0 saturated carbocycles. The molecule has 1 heterocycles. The number of hydrogen-bond donors (Lipinski definition) is 2. The number of urea groups is 1. The second kappa shape index (κ2) is 12.2. The number of aliphatic imine (C=N–C) groups is 1. The van der Waals surface area contributed by atoms with Gasteiger partial charge in [0.1, 0.15) is 11.9 Å². The molecule has 38 heavy (non-hydrogen) atoms. The van der Waals surface area contributed by atoms with E-state index in [1.807, 2.05) is 11.4 Å². The van der Waals surface area contributed by atoms with Crippen molar-refractivity contribution in [3.8, 4) is 0 Å². The first-order valence-corrected chi connectivity index (χ1v) is 11.9. The van der Waals surface area contributed by atoms with Crippen LogP contribution in [0.5, 0.6) is 0 Å². The van der Waals surface area contributed by atoms with Crippen molar-refractivity contribution in [1.29, 1.82) is 0 Å². The number of halogens is 4. The monoisotopic (exact) mass is 535 g/mol. The summed E-state index contributed by atoms with van der Waals surface area (Å²) in [7, 11) is 0. The molecule has 0 unspecified atom stereocenters. The van der Waals surface area contributed by atoms with E-state index in [1.165, 1.54) is 6.07 Å². The molecular formula is C26H29F4N5O3. The van der Waals surface area contributed by atoms with E-state index in [0.717, 1.165) is 24.6 Å². The molecule has 1 atom stereocenters. The third-order valence-corrected chi connectivity index (χ3v) is 5.87. The van der Waals surface area contributed by atoms with Gasteiger partial charge in [-0.3, -0.25) is 14.5 Å². The van der Waals surface area contributed by atoms with E-state index in [-0.39, 0.29) is 17.2 Å². The maximum Gasteiger partial charge on any atom is 0.408 e. The zero-order valence-corrected chi connectivity index (χ0v) is 21.2. The molecule has 1 fully saturated rings. The Morgan fingerprint density at radius 1 is 1.00 bits per heavy atom. The summed E-state index contributed by atoms with van der Waals surface area (Å²) in [6.45, 7) is 6.78. The van der Waals surface area contributed by atoms with Crippen LogP contribution in [0.15, 0.2) is 47.5 Å². The van der Waals surface area contributed by atoms with Crippen LogP contribution < -0.4 is 10.6 Å². The van der Waals surface area contributed by atoms with Gasteiger partial charge in [0, 0.05) is 49.6 Å². The lowest BCUT2D eigenvalue weighted by molar-refractivity contribution is -0.148. The minimum absolute atomic E-state index is 0.0588. The van der Waals surface area contributed by atoms with Crippen LogP contribution in [0.3, 0.4) is 0 Å². The number of amides is 4. The highest BCUT2D eigenvalue weighted by Crippen LogP contribution is 2.21. The smallest absolute Gasteiger partial charge is 0.336 e. The van der Waals surface area contributed by atoms with E-state index >= 15 is 0 Å². The summed E-state index contributed by atoms with van der Waals surface area (Å²) >= 11 is 0. The lowest BCUT2D eigenvalue weighted by Crippen LogP contribution is -2.48. The zero-order valence-electron chi connectivity index (χ0n) is 21.2. The fourth-order valence-corrected chi connectivity index (χ4v) is 3.81. The molecule has 0 spiro atoms. The van der Waals surface area contributed by atoms with Gasteiger partial charge in [0.15, 0.2) is 0 Å². The molecule has 0 bridgehead atoms. The fourth-order valence-electron chi connectivity index (χ4n) is 3.81. The maximum absolute atomic E-state index is 14.5. The standard InChI is InChI=1S/C26H29F4N5O3/c1-16(2)31-23(36)19-6-4-5-18(13-19)15-34-9-11-35(12-10-34)24(37)20-7-8-22(21(27)14-20)33-25(38)32-17(3)26(28,29)30/h4-8,13-14,17H,9-12,15H2,1-3H3,(H2,32,33,38)/t17-/m0/s1. The van der Waals surface area contributed by atoms with E-state index in [0.29, 0.717) is 44.0 Å². The maximum atomic E-state index is 14.5. The molecule has 1 saturated heterocycles. The van der Waals surface area contributed by atoms with E-state index in [4.69, 9.17) is 0 Å². The summed E-state index contributed by atoms with van der Waals surface area (Å²) in [5, 5.41) is 3.70. The number of rotatable bonds is 6. The summed E-state index contributed by atoms with van der Waals surface area (Å²) in [4.78, 5) is 44.5. The third-order valence-electron chi connectivity index (χ3n) is 5.87. The van der Waals surface area contributed by atoms with Crippen LogP contribution in [0.1, 0.15) is 47.1 Å². The number of piperazine rings is 1. The summed E-state index contributed by atoms with van der Waals surface area (Å²) in [5.74, 6) is -1.64. The topological polar surface area (TPSA) is 94.1 Å². The predicted octanol–water partition coefficient (Wildman–Crippen LogP) is 4.48. The SMILES string of the molecule is CC(C)=NC(=O)c1cccc(CN2CCN(C(=O)c3ccc(NC(=O)N[C@@H](C)C(F)(F)F)c(F)c3)CC2)c1. The second-order valence-corrected chi connectivity index (χ2v) is 9.19. The summed E-state index contributed by atoms with van der Waals surface area (Å²) in [6.07, 6.45) is -4.64. The molecule has 3 rings (SSSR count). The van der Waals surface area contributed by atoms with Gasteiger partial charge in [0.05, 0.1) is 5.69 Å². The van der Waals surface area contributed by atoms with Crippen molar-refractivity contribution in [3.05, 3.63) is 65.0 Å². The molecule has 0 aromatic heterocycles. The number of alkyl halides is 3. The zero-order chi connectivity index (χ0) is 28.0. The molecule has 2 aromatic carbocycles. The Balaban J connectivity index is 1.55. The molecule has 2 aromatic rings. The predicted molar refractivity (Wildman–Crippen MR) is 135 cm³/mol. The first-order valence-electron chi connectivity index (χ1n) is 11.9. The molecule has 8 nitrogen and oxygen atoms in total. The van der Waals surface area contributed by atoms with Crippen molar-refractivity contribution in [2.24, 2.45) is 4.99 Å². The van der Waals surface area contributed by atoms with Gasteiger partial charge in [-0.25, -0.2) is 14.2 Å². The third kappa shape index (κ3) is 7.85. The van der Waals surface area contributed by atoms with E-state index in [1.54, 1.807) is 42.3 Å². The van der Waals surface area contributed by atoms with Crippen LogP contribution in [-0.2, 0) is 6.54 Å². The Labute approximate surface area is 217 Å². The molecule has 1 aliphatic heterocycles. The van der Waals surface area contributed by atoms with Gasteiger partial charge in [-0.15, -0.1) is 0 Å². The van der Waals surface area contributed by atoms with Crippen molar-refractivity contribution in [2.45, 2.75) is 39.5 Å². The van der Waals surface area contributed by atoms with E-state index in [9.17, 15) is 31.9 Å². The molecule has 4 amide bonds. The van der Waals surface area contributed by atoms with Gasteiger partial charge in [0.25, 0.3) is 11.8 Å². The minimum atomic E-state index is -4.64. The molecule has 2 N–H and O–H groups in total. The Bertz CT molecular complexity index is 1220. The van der Waals surface area contributed by atoms with Crippen LogP contribution >= 0.6 is 0 Å². The van der Waals surface area contributed by atoms with Crippen molar-refractivity contribution in [2.75, 3.05) is 31.5 Å². The Morgan fingerprint density at radius 2 is 1.68 bits per heavy atom. The molecule has 0 aliphatic carbocycles. The van der Waals surface area contributed by atoms with Crippen molar-refractivity contribution in [3.63, 3.8) is 0 Å². The number of anilines is 1. The molecule has 12 heteroatoms. The van der Waals surface area contributed by atoms with E-state index in [2.05, 4.69) is 9.89 Å². The van der Waals surface area contributed by atoms with Crippen LogP contribution in [0.25, 0.3) is 0 Å². The van der Waals surface area contributed by atoms with E-state index < -0.39 is 30.0 Å². The van der Waals surface area contributed by atoms with Crippen LogP contribution in [-0.4, -0.2) is 71.8 Å². The number of carbonyl (C=O) groups is 3. The quantitative estimate of drug-likeness (QED) is 0.422. The van der Waals surface area contributed by atoms with Crippen molar-refractivity contribution in [1.82, 2.24) is 15.1 Å². The highest BCUT2D eigenvalue weighted by atomic mass is 19.4. The lowest BCUT2D eigenvalue weighted by Gasteiger charge is -2.35. The number of carbonyl (C=O) groups excluding carboxylic acids is 3. The van der Waals surface area contributed by atoms with Gasteiger partial charge >= 0.3 is 12.2 Å². The normalized spacial score (nSPS) is 15.0. The minimum Gasteiger partial charge on any atom is -0.336 e. The average Bonchev–Trinajstić information content (AvgIpc) is 2.84. The Hall–Kier alpha value is -3.80. The second-order valence-electron chi connectivity index (χ2n) is 9.19. The molecule has 0 radical (unpaired) electrons. The fraction of sp³-hybridized carbons (Fsp3) is 0.385. The van der Waals surface area contributed by atoms with Gasteiger partial charge in [-0.1, -0.05) is 12.1 Å².